The molecule has 102 valence electrons. The summed E-state index contributed by atoms with van der Waals surface area (Å²) in [7, 11) is 2.30. The third-order valence-corrected chi connectivity index (χ3v) is 3.37. The van der Waals surface area contributed by atoms with Crippen LogP contribution in [0.4, 0.5) is 0 Å². The van der Waals surface area contributed by atoms with Crippen LogP contribution in [0.3, 0.4) is 0 Å². The number of unbranched alkanes of at least 4 members (excludes halogenated alkanes) is 1. The molecule has 1 nitrogen and oxygen atoms in total. The van der Waals surface area contributed by atoms with Crippen LogP contribution in [0.15, 0.2) is 12.2 Å². The van der Waals surface area contributed by atoms with Crippen LogP contribution in [-0.4, -0.2) is 24.5 Å². The van der Waals surface area contributed by atoms with Crippen molar-refractivity contribution in [3.63, 3.8) is 0 Å². The van der Waals surface area contributed by atoms with E-state index < -0.39 is 0 Å². The average molecular weight is 239 g/mol. The molecule has 0 aromatic rings. The maximum absolute atomic E-state index is 3.99. The second-order valence-electron chi connectivity index (χ2n) is 5.97. The summed E-state index contributed by atoms with van der Waals surface area (Å²) in [5.41, 5.74) is 1.32. The monoisotopic (exact) mass is 239 g/mol. The first-order valence-electron chi connectivity index (χ1n) is 7.32. The molecular weight excluding hydrogens is 206 g/mol. The van der Waals surface area contributed by atoms with E-state index in [9.17, 15) is 0 Å². The lowest BCUT2D eigenvalue weighted by atomic mass is 9.96. The standard InChI is InChI=1S/C16H33N/c1-7-8-12-17(6)16(13-15(4)5)11-9-10-14(2)3/h15-16H,2,7-13H2,1,3-6H3. The third-order valence-electron chi connectivity index (χ3n) is 3.37. The van der Waals surface area contributed by atoms with E-state index in [2.05, 4.69) is 46.2 Å². The molecule has 0 amide bonds. The molecule has 0 rings (SSSR count). The Hall–Kier alpha value is -0.300. The molecule has 0 bridgehead atoms. The van der Waals surface area contributed by atoms with E-state index in [0.717, 1.165) is 12.0 Å². The normalized spacial score (nSPS) is 13.4. The van der Waals surface area contributed by atoms with Crippen molar-refractivity contribution in [2.75, 3.05) is 13.6 Å². The number of rotatable bonds is 10. The molecule has 0 aromatic carbocycles. The largest absolute Gasteiger partial charge is 0.303 e. The number of hydrogen-bond acceptors (Lipinski definition) is 1. The fourth-order valence-corrected chi connectivity index (χ4v) is 2.29. The minimum Gasteiger partial charge on any atom is -0.303 e. The van der Waals surface area contributed by atoms with Gasteiger partial charge in [0.25, 0.3) is 0 Å². The molecule has 0 radical (unpaired) electrons. The summed E-state index contributed by atoms with van der Waals surface area (Å²) in [6, 6.07) is 0.765. The quantitative estimate of drug-likeness (QED) is 0.491. The number of allylic oxidation sites excluding steroid dienone is 1. The van der Waals surface area contributed by atoms with Gasteiger partial charge in [0.2, 0.25) is 0 Å². The molecule has 1 atom stereocenters. The Labute approximate surface area is 109 Å². The lowest BCUT2D eigenvalue weighted by Crippen LogP contribution is -2.33. The summed E-state index contributed by atoms with van der Waals surface area (Å²) in [6.07, 6.45) is 7.76. The average Bonchev–Trinajstić information content (AvgIpc) is 2.23. The van der Waals surface area contributed by atoms with Crippen molar-refractivity contribution in [3.8, 4) is 0 Å². The fourth-order valence-electron chi connectivity index (χ4n) is 2.29. The minimum atomic E-state index is 0.765. The van der Waals surface area contributed by atoms with Crippen molar-refractivity contribution in [3.05, 3.63) is 12.2 Å². The summed E-state index contributed by atoms with van der Waals surface area (Å²) in [6.45, 7) is 14.3. The van der Waals surface area contributed by atoms with Crippen LogP contribution >= 0.6 is 0 Å². The van der Waals surface area contributed by atoms with Crippen LogP contribution in [0.5, 0.6) is 0 Å². The van der Waals surface area contributed by atoms with E-state index in [1.54, 1.807) is 0 Å². The van der Waals surface area contributed by atoms with E-state index in [4.69, 9.17) is 0 Å². The Kier molecular flexibility index (Phi) is 9.53. The van der Waals surface area contributed by atoms with Gasteiger partial charge in [0.1, 0.15) is 0 Å². The first-order chi connectivity index (χ1) is 7.97. The predicted octanol–water partition coefficient (Wildman–Crippen LogP) is 4.88. The van der Waals surface area contributed by atoms with Crippen molar-refractivity contribution in [1.82, 2.24) is 4.90 Å². The summed E-state index contributed by atoms with van der Waals surface area (Å²) in [4.78, 5) is 2.57. The maximum atomic E-state index is 3.99. The first kappa shape index (κ1) is 16.7. The van der Waals surface area contributed by atoms with Gasteiger partial charge < -0.3 is 4.90 Å². The van der Waals surface area contributed by atoms with Crippen LogP contribution in [0.25, 0.3) is 0 Å². The summed E-state index contributed by atoms with van der Waals surface area (Å²) in [5, 5.41) is 0. The van der Waals surface area contributed by atoms with Gasteiger partial charge in [-0.15, -0.1) is 6.58 Å². The summed E-state index contributed by atoms with van der Waals surface area (Å²) >= 11 is 0. The minimum absolute atomic E-state index is 0.765. The summed E-state index contributed by atoms with van der Waals surface area (Å²) < 4.78 is 0. The summed E-state index contributed by atoms with van der Waals surface area (Å²) in [5.74, 6) is 0.800. The van der Waals surface area contributed by atoms with Crippen LogP contribution < -0.4 is 0 Å². The van der Waals surface area contributed by atoms with Gasteiger partial charge in [-0.05, 0) is 58.5 Å². The first-order valence-corrected chi connectivity index (χ1v) is 7.32. The second-order valence-corrected chi connectivity index (χ2v) is 5.97. The van der Waals surface area contributed by atoms with Crippen LogP contribution in [-0.2, 0) is 0 Å². The highest BCUT2D eigenvalue weighted by Gasteiger charge is 2.15. The van der Waals surface area contributed by atoms with E-state index in [-0.39, 0.29) is 0 Å². The van der Waals surface area contributed by atoms with Crippen molar-refractivity contribution in [2.45, 2.75) is 72.3 Å². The SMILES string of the molecule is C=C(C)CCCC(CC(C)C)N(C)CCCC. The van der Waals surface area contributed by atoms with Gasteiger partial charge in [0.15, 0.2) is 0 Å². The molecule has 0 heterocycles. The third kappa shape index (κ3) is 9.41. The highest BCUT2D eigenvalue weighted by Crippen LogP contribution is 2.18. The maximum Gasteiger partial charge on any atom is 0.00947 e. The molecule has 0 aliphatic rings. The zero-order valence-corrected chi connectivity index (χ0v) is 12.8. The Morgan fingerprint density at radius 3 is 2.35 bits per heavy atom. The fraction of sp³-hybridized carbons (Fsp3) is 0.875. The van der Waals surface area contributed by atoms with Crippen LogP contribution in [0.2, 0.25) is 0 Å². The lowest BCUT2D eigenvalue weighted by Gasteiger charge is -2.29. The second kappa shape index (κ2) is 9.70. The van der Waals surface area contributed by atoms with E-state index in [0.29, 0.717) is 0 Å². The van der Waals surface area contributed by atoms with Crippen LogP contribution in [0.1, 0.15) is 66.2 Å². The molecule has 1 heteroatoms. The number of hydrogen-bond donors (Lipinski definition) is 0. The predicted molar refractivity (Wildman–Crippen MR) is 79.4 cm³/mol. The molecule has 17 heavy (non-hydrogen) atoms. The Morgan fingerprint density at radius 1 is 1.24 bits per heavy atom. The Morgan fingerprint density at radius 2 is 1.88 bits per heavy atom. The van der Waals surface area contributed by atoms with Gasteiger partial charge in [-0.25, -0.2) is 0 Å². The molecule has 0 fully saturated rings. The van der Waals surface area contributed by atoms with Crippen LogP contribution in [0, 0.1) is 5.92 Å². The smallest absolute Gasteiger partial charge is 0.00947 e. The molecule has 0 saturated heterocycles. The van der Waals surface area contributed by atoms with Crippen molar-refractivity contribution in [1.29, 1.82) is 0 Å². The van der Waals surface area contributed by atoms with Gasteiger partial charge in [0.05, 0.1) is 0 Å². The van der Waals surface area contributed by atoms with Gasteiger partial charge in [-0.3, -0.25) is 0 Å². The Bertz CT molecular complexity index is 196. The van der Waals surface area contributed by atoms with Gasteiger partial charge in [-0.2, -0.15) is 0 Å². The molecule has 0 N–H and O–H groups in total. The zero-order chi connectivity index (χ0) is 13.3. The number of nitrogens with zero attached hydrogens (tertiary/aromatic N) is 1. The molecular formula is C16H33N. The van der Waals surface area contributed by atoms with Gasteiger partial charge in [-0.1, -0.05) is 32.8 Å². The molecule has 1 unspecified atom stereocenters. The highest BCUT2D eigenvalue weighted by atomic mass is 15.1. The van der Waals surface area contributed by atoms with Crippen molar-refractivity contribution < 1.29 is 0 Å². The molecule has 0 spiro atoms. The molecule has 0 aliphatic carbocycles. The highest BCUT2D eigenvalue weighted by molar-refractivity contribution is 4.88. The Balaban J connectivity index is 4.06. The molecule has 0 aromatic heterocycles. The molecule has 0 saturated carbocycles. The van der Waals surface area contributed by atoms with E-state index in [1.807, 2.05) is 0 Å². The van der Waals surface area contributed by atoms with Gasteiger partial charge in [0, 0.05) is 6.04 Å². The lowest BCUT2D eigenvalue weighted by molar-refractivity contribution is 0.196. The molecule has 0 aliphatic heterocycles. The topological polar surface area (TPSA) is 3.24 Å². The van der Waals surface area contributed by atoms with E-state index in [1.165, 1.54) is 50.6 Å². The zero-order valence-electron chi connectivity index (χ0n) is 12.8. The van der Waals surface area contributed by atoms with Crippen molar-refractivity contribution in [2.24, 2.45) is 5.92 Å². The van der Waals surface area contributed by atoms with Crippen molar-refractivity contribution >= 4 is 0 Å². The van der Waals surface area contributed by atoms with E-state index >= 15 is 0 Å². The van der Waals surface area contributed by atoms with Gasteiger partial charge >= 0.3 is 0 Å².